The van der Waals surface area contributed by atoms with Crippen molar-refractivity contribution in [2.45, 2.75) is 53.1 Å². The summed E-state index contributed by atoms with van der Waals surface area (Å²) in [6.07, 6.45) is 4.48. The van der Waals surface area contributed by atoms with Gasteiger partial charge >= 0.3 is 0 Å². The highest BCUT2D eigenvalue weighted by molar-refractivity contribution is 4.82. The fourth-order valence-corrected chi connectivity index (χ4v) is 2.91. The zero-order chi connectivity index (χ0) is 9.84. The van der Waals surface area contributed by atoms with Crippen molar-refractivity contribution in [1.29, 1.82) is 0 Å². The standard InChI is InChI=1S/C12H24O/c1-5-11-10(4)7-9(3)8-12(11)13-6-2/h9-12H,5-8H2,1-4H3. The van der Waals surface area contributed by atoms with Gasteiger partial charge in [0.1, 0.15) is 0 Å². The van der Waals surface area contributed by atoms with Crippen LogP contribution in [0.25, 0.3) is 0 Å². The lowest BCUT2D eigenvalue weighted by Gasteiger charge is -2.38. The van der Waals surface area contributed by atoms with Crippen LogP contribution in [-0.2, 0) is 4.74 Å². The fraction of sp³-hybridized carbons (Fsp3) is 1.00. The van der Waals surface area contributed by atoms with Crippen molar-refractivity contribution >= 4 is 0 Å². The summed E-state index contributed by atoms with van der Waals surface area (Å²) in [5, 5.41) is 0. The molecule has 0 heterocycles. The van der Waals surface area contributed by atoms with Gasteiger partial charge in [-0.15, -0.1) is 0 Å². The van der Waals surface area contributed by atoms with E-state index in [1.807, 2.05) is 0 Å². The zero-order valence-corrected chi connectivity index (χ0v) is 9.55. The van der Waals surface area contributed by atoms with E-state index in [9.17, 15) is 0 Å². The van der Waals surface area contributed by atoms with E-state index in [4.69, 9.17) is 4.74 Å². The third-order valence-corrected chi connectivity index (χ3v) is 3.47. The van der Waals surface area contributed by atoms with Crippen molar-refractivity contribution in [1.82, 2.24) is 0 Å². The van der Waals surface area contributed by atoms with Gasteiger partial charge in [-0.05, 0) is 37.5 Å². The molecule has 1 nitrogen and oxygen atoms in total. The van der Waals surface area contributed by atoms with Crippen LogP contribution in [0.3, 0.4) is 0 Å². The molecule has 0 aromatic heterocycles. The maximum absolute atomic E-state index is 5.83. The van der Waals surface area contributed by atoms with Gasteiger partial charge in [-0.3, -0.25) is 0 Å². The second-order valence-electron chi connectivity index (χ2n) is 4.62. The molecule has 0 amide bonds. The minimum Gasteiger partial charge on any atom is -0.378 e. The van der Waals surface area contributed by atoms with E-state index in [0.29, 0.717) is 6.10 Å². The summed E-state index contributed by atoms with van der Waals surface area (Å²) in [6, 6.07) is 0. The predicted molar refractivity (Wildman–Crippen MR) is 56.8 cm³/mol. The third kappa shape index (κ3) is 2.70. The van der Waals surface area contributed by atoms with Crippen molar-refractivity contribution < 1.29 is 4.74 Å². The zero-order valence-electron chi connectivity index (χ0n) is 9.55. The SMILES string of the molecule is CCOC1CC(C)CC(C)C1CC. The molecular weight excluding hydrogens is 160 g/mol. The average molecular weight is 184 g/mol. The maximum Gasteiger partial charge on any atom is 0.0608 e. The first-order chi connectivity index (χ1) is 6.19. The Hall–Kier alpha value is -0.0400. The predicted octanol–water partition coefficient (Wildman–Crippen LogP) is 3.48. The summed E-state index contributed by atoms with van der Waals surface area (Å²) in [5.74, 6) is 2.51. The molecule has 0 N–H and O–H groups in total. The molecule has 1 rings (SSSR count). The normalized spacial score (nSPS) is 40.6. The molecule has 0 bridgehead atoms. The van der Waals surface area contributed by atoms with Crippen LogP contribution in [0.2, 0.25) is 0 Å². The monoisotopic (exact) mass is 184 g/mol. The number of ether oxygens (including phenoxy) is 1. The Morgan fingerprint density at radius 2 is 1.85 bits per heavy atom. The summed E-state index contributed by atoms with van der Waals surface area (Å²) in [5.41, 5.74) is 0. The van der Waals surface area contributed by atoms with Gasteiger partial charge in [-0.2, -0.15) is 0 Å². The second kappa shape index (κ2) is 4.99. The molecule has 0 saturated heterocycles. The Labute approximate surface area is 82.9 Å². The Balaban J connectivity index is 2.54. The Morgan fingerprint density at radius 3 is 2.38 bits per heavy atom. The van der Waals surface area contributed by atoms with Crippen LogP contribution in [0, 0.1) is 17.8 Å². The van der Waals surface area contributed by atoms with Gasteiger partial charge in [0, 0.05) is 6.61 Å². The topological polar surface area (TPSA) is 9.23 Å². The quantitative estimate of drug-likeness (QED) is 0.652. The van der Waals surface area contributed by atoms with Crippen LogP contribution in [0.1, 0.15) is 47.0 Å². The molecule has 0 aromatic carbocycles. The average Bonchev–Trinajstić information content (AvgIpc) is 2.04. The van der Waals surface area contributed by atoms with Gasteiger partial charge in [0.2, 0.25) is 0 Å². The van der Waals surface area contributed by atoms with E-state index in [-0.39, 0.29) is 0 Å². The van der Waals surface area contributed by atoms with Gasteiger partial charge in [0.15, 0.2) is 0 Å². The summed E-state index contributed by atoms with van der Waals surface area (Å²) >= 11 is 0. The van der Waals surface area contributed by atoms with Gasteiger partial charge in [0.05, 0.1) is 6.10 Å². The molecule has 0 spiro atoms. The molecular formula is C12H24O. The van der Waals surface area contributed by atoms with Crippen molar-refractivity contribution in [3.05, 3.63) is 0 Å². The molecule has 4 atom stereocenters. The highest BCUT2D eigenvalue weighted by Crippen LogP contribution is 2.37. The Bertz CT molecular complexity index is 144. The fourth-order valence-electron chi connectivity index (χ4n) is 2.91. The second-order valence-corrected chi connectivity index (χ2v) is 4.62. The van der Waals surface area contributed by atoms with Crippen molar-refractivity contribution in [3.8, 4) is 0 Å². The highest BCUT2D eigenvalue weighted by Gasteiger charge is 2.32. The minimum atomic E-state index is 0.536. The van der Waals surface area contributed by atoms with E-state index >= 15 is 0 Å². The molecule has 13 heavy (non-hydrogen) atoms. The summed E-state index contributed by atoms with van der Waals surface area (Å²) < 4.78 is 5.83. The lowest BCUT2D eigenvalue weighted by Crippen LogP contribution is -2.36. The molecule has 1 aliphatic rings. The molecule has 1 heteroatoms. The van der Waals surface area contributed by atoms with Crippen LogP contribution in [0.5, 0.6) is 0 Å². The first-order valence-corrected chi connectivity index (χ1v) is 5.80. The van der Waals surface area contributed by atoms with Crippen molar-refractivity contribution in [3.63, 3.8) is 0 Å². The first kappa shape index (κ1) is 11.0. The lowest BCUT2D eigenvalue weighted by molar-refractivity contribution is -0.0404. The molecule has 1 fully saturated rings. The van der Waals surface area contributed by atoms with E-state index in [1.54, 1.807) is 0 Å². The Kier molecular flexibility index (Phi) is 4.24. The summed E-state index contributed by atoms with van der Waals surface area (Å²) in [6.45, 7) is 10.0. The van der Waals surface area contributed by atoms with Gasteiger partial charge in [0.25, 0.3) is 0 Å². The molecule has 1 aliphatic carbocycles. The van der Waals surface area contributed by atoms with Gasteiger partial charge < -0.3 is 4.74 Å². The molecule has 1 saturated carbocycles. The van der Waals surface area contributed by atoms with Crippen LogP contribution in [-0.4, -0.2) is 12.7 Å². The van der Waals surface area contributed by atoms with Crippen molar-refractivity contribution in [2.24, 2.45) is 17.8 Å². The Morgan fingerprint density at radius 1 is 1.15 bits per heavy atom. The van der Waals surface area contributed by atoms with Crippen LogP contribution in [0.15, 0.2) is 0 Å². The summed E-state index contributed by atoms with van der Waals surface area (Å²) in [7, 11) is 0. The maximum atomic E-state index is 5.83. The number of rotatable bonds is 3. The molecule has 0 radical (unpaired) electrons. The van der Waals surface area contributed by atoms with E-state index in [2.05, 4.69) is 27.7 Å². The molecule has 78 valence electrons. The molecule has 4 unspecified atom stereocenters. The largest absolute Gasteiger partial charge is 0.378 e. The lowest BCUT2D eigenvalue weighted by atomic mass is 9.72. The molecule has 0 aliphatic heterocycles. The molecule has 0 aromatic rings. The van der Waals surface area contributed by atoms with E-state index in [0.717, 1.165) is 24.4 Å². The van der Waals surface area contributed by atoms with Crippen molar-refractivity contribution in [2.75, 3.05) is 6.61 Å². The third-order valence-electron chi connectivity index (χ3n) is 3.47. The van der Waals surface area contributed by atoms with E-state index in [1.165, 1.54) is 19.3 Å². The smallest absolute Gasteiger partial charge is 0.0608 e. The van der Waals surface area contributed by atoms with Crippen LogP contribution < -0.4 is 0 Å². The van der Waals surface area contributed by atoms with E-state index < -0.39 is 0 Å². The first-order valence-electron chi connectivity index (χ1n) is 5.80. The van der Waals surface area contributed by atoms with Crippen LogP contribution in [0.4, 0.5) is 0 Å². The van der Waals surface area contributed by atoms with Crippen LogP contribution >= 0.6 is 0 Å². The van der Waals surface area contributed by atoms with Gasteiger partial charge in [-0.1, -0.05) is 27.2 Å². The minimum absolute atomic E-state index is 0.536. The number of hydrogen-bond acceptors (Lipinski definition) is 1. The summed E-state index contributed by atoms with van der Waals surface area (Å²) in [4.78, 5) is 0. The highest BCUT2D eigenvalue weighted by atomic mass is 16.5. The number of hydrogen-bond donors (Lipinski definition) is 0. The van der Waals surface area contributed by atoms with Gasteiger partial charge in [-0.25, -0.2) is 0 Å².